The third-order valence-electron chi connectivity index (χ3n) is 2.57. The predicted molar refractivity (Wildman–Crippen MR) is 71.6 cm³/mol. The smallest absolute Gasteiger partial charge is 0.273 e. The van der Waals surface area contributed by atoms with Gasteiger partial charge in [0.15, 0.2) is 0 Å². The van der Waals surface area contributed by atoms with E-state index in [1.807, 2.05) is 0 Å². The molecule has 2 rings (SSSR count). The van der Waals surface area contributed by atoms with Crippen molar-refractivity contribution in [1.82, 2.24) is 5.43 Å². The van der Waals surface area contributed by atoms with Crippen molar-refractivity contribution < 1.29 is 14.1 Å². The van der Waals surface area contributed by atoms with E-state index < -0.39 is 10.8 Å². The fraction of sp³-hybridized carbons (Fsp3) is 0.0769. The molecule has 1 heterocycles. The van der Waals surface area contributed by atoms with E-state index in [0.717, 1.165) is 0 Å². The van der Waals surface area contributed by atoms with Crippen LogP contribution in [0.25, 0.3) is 0 Å². The van der Waals surface area contributed by atoms with Crippen molar-refractivity contribution in [1.29, 1.82) is 0 Å². The van der Waals surface area contributed by atoms with Gasteiger partial charge in [0.1, 0.15) is 5.76 Å². The van der Waals surface area contributed by atoms with E-state index in [4.69, 9.17) is 4.42 Å². The number of furan rings is 1. The van der Waals surface area contributed by atoms with Gasteiger partial charge in [-0.3, -0.25) is 14.9 Å². The number of nitrogens with zero attached hydrogens (tertiary/aromatic N) is 2. The molecule has 0 atom stereocenters. The van der Waals surface area contributed by atoms with E-state index in [-0.39, 0.29) is 11.3 Å². The molecule has 1 aromatic carbocycles. The monoisotopic (exact) mass is 273 g/mol. The summed E-state index contributed by atoms with van der Waals surface area (Å²) in [5.74, 6) is -0.0453. The average molecular weight is 273 g/mol. The number of rotatable bonds is 4. The first kappa shape index (κ1) is 13.5. The average Bonchev–Trinajstić information content (AvgIpc) is 2.92. The Balaban J connectivity index is 2.09. The maximum atomic E-state index is 11.8. The van der Waals surface area contributed by atoms with Gasteiger partial charge in [0, 0.05) is 17.2 Å². The highest BCUT2D eigenvalue weighted by Crippen LogP contribution is 2.19. The lowest BCUT2D eigenvalue weighted by atomic mass is 10.1. The van der Waals surface area contributed by atoms with Crippen molar-refractivity contribution in [2.24, 2.45) is 5.10 Å². The highest BCUT2D eigenvalue weighted by molar-refractivity contribution is 5.95. The number of nitro benzene ring substituents is 1. The number of aryl methyl sites for hydroxylation is 1. The lowest BCUT2D eigenvalue weighted by molar-refractivity contribution is -0.385. The first-order valence-corrected chi connectivity index (χ1v) is 5.70. The van der Waals surface area contributed by atoms with Gasteiger partial charge in [-0.15, -0.1) is 0 Å². The summed E-state index contributed by atoms with van der Waals surface area (Å²) < 4.78 is 5.00. The molecule has 0 aliphatic rings. The summed E-state index contributed by atoms with van der Waals surface area (Å²) in [5.41, 5.74) is 2.82. The number of hydrogen-bond acceptors (Lipinski definition) is 5. The quantitative estimate of drug-likeness (QED) is 0.524. The number of hydrazone groups is 1. The van der Waals surface area contributed by atoms with Crippen LogP contribution in [0.4, 0.5) is 5.69 Å². The lowest BCUT2D eigenvalue weighted by Crippen LogP contribution is -2.17. The van der Waals surface area contributed by atoms with Gasteiger partial charge in [-0.1, -0.05) is 6.07 Å². The van der Waals surface area contributed by atoms with Crippen molar-refractivity contribution in [3.05, 3.63) is 63.6 Å². The summed E-state index contributed by atoms with van der Waals surface area (Å²) in [6, 6.07) is 7.59. The minimum atomic E-state index is -0.532. The van der Waals surface area contributed by atoms with Crippen molar-refractivity contribution >= 4 is 17.8 Å². The Labute approximate surface area is 114 Å². The van der Waals surface area contributed by atoms with Crippen LogP contribution in [0.3, 0.4) is 0 Å². The molecule has 1 aromatic heterocycles. The SMILES string of the molecule is Cc1ccc(C(=O)N/N=C/c2ccco2)cc1[N+](=O)[O-]. The van der Waals surface area contributed by atoms with Crippen molar-refractivity contribution in [3.63, 3.8) is 0 Å². The number of carbonyl (C=O) groups excluding carboxylic acids is 1. The van der Waals surface area contributed by atoms with Crippen LogP contribution < -0.4 is 5.43 Å². The molecular weight excluding hydrogens is 262 g/mol. The number of nitrogens with one attached hydrogen (secondary N) is 1. The largest absolute Gasteiger partial charge is 0.463 e. The third-order valence-corrected chi connectivity index (χ3v) is 2.57. The number of hydrogen-bond donors (Lipinski definition) is 1. The zero-order valence-corrected chi connectivity index (χ0v) is 10.6. The van der Waals surface area contributed by atoms with Crippen LogP contribution in [0.2, 0.25) is 0 Å². The van der Waals surface area contributed by atoms with E-state index in [2.05, 4.69) is 10.5 Å². The number of amides is 1. The Kier molecular flexibility index (Phi) is 3.90. The maximum Gasteiger partial charge on any atom is 0.273 e. The molecule has 2 aromatic rings. The molecule has 20 heavy (non-hydrogen) atoms. The van der Waals surface area contributed by atoms with Gasteiger partial charge in [-0.25, -0.2) is 5.43 Å². The Morgan fingerprint density at radius 3 is 2.90 bits per heavy atom. The number of nitro groups is 1. The van der Waals surface area contributed by atoms with Crippen LogP contribution in [0.1, 0.15) is 21.7 Å². The van der Waals surface area contributed by atoms with E-state index in [9.17, 15) is 14.9 Å². The summed E-state index contributed by atoms with van der Waals surface area (Å²) in [7, 11) is 0. The molecule has 1 N–H and O–H groups in total. The number of carbonyl (C=O) groups is 1. The first-order chi connectivity index (χ1) is 9.58. The minimum Gasteiger partial charge on any atom is -0.463 e. The zero-order valence-electron chi connectivity index (χ0n) is 10.6. The lowest BCUT2D eigenvalue weighted by Gasteiger charge is -2.01. The molecule has 0 bridgehead atoms. The molecule has 0 aliphatic heterocycles. The van der Waals surface area contributed by atoms with Crippen molar-refractivity contribution in [3.8, 4) is 0 Å². The molecule has 0 saturated carbocycles. The van der Waals surface area contributed by atoms with Crippen LogP contribution in [0.15, 0.2) is 46.1 Å². The van der Waals surface area contributed by atoms with E-state index in [1.165, 1.54) is 30.7 Å². The topological polar surface area (TPSA) is 97.7 Å². The molecule has 1 amide bonds. The van der Waals surface area contributed by atoms with Gasteiger partial charge in [0.2, 0.25) is 0 Å². The van der Waals surface area contributed by atoms with Crippen LogP contribution in [0.5, 0.6) is 0 Å². The second-order valence-electron chi connectivity index (χ2n) is 3.97. The van der Waals surface area contributed by atoms with Crippen LogP contribution >= 0.6 is 0 Å². The van der Waals surface area contributed by atoms with Gasteiger partial charge in [-0.2, -0.15) is 5.10 Å². The Bertz CT molecular complexity index is 662. The second kappa shape index (κ2) is 5.79. The maximum absolute atomic E-state index is 11.8. The third kappa shape index (κ3) is 3.08. The number of benzene rings is 1. The molecular formula is C13H11N3O4. The van der Waals surface area contributed by atoms with Crippen LogP contribution in [-0.2, 0) is 0 Å². The second-order valence-corrected chi connectivity index (χ2v) is 3.97. The molecule has 0 saturated heterocycles. The van der Waals surface area contributed by atoms with E-state index >= 15 is 0 Å². The molecule has 0 fully saturated rings. The van der Waals surface area contributed by atoms with Crippen LogP contribution in [-0.4, -0.2) is 17.0 Å². The first-order valence-electron chi connectivity index (χ1n) is 5.70. The highest BCUT2D eigenvalue weighted by Gasteiger charge is 2.14. The summed E-state index contributed by atoms with van der Waals surface area (Å²) in [4.78, 5) is 22.0. The van der Waals surface area contributed by atoms with Crippen molar-refractivity contribution in [2.45, 2.75) is 6.92 Å². The fourth-order valence-corrected chi connectivity index (χ4v) is 1.53. The van der Waals surface area contributed by atoms with Crippen LogP contribution in [0, 0.1) is 17.0 Å². The molecule has 0 spiro atoms. The van der Waals surface area contributed by atoms with Gasteiger partial charge in [0.25, 0.3) is 11.6 Å². The van der Waals surface area contributed by atoms with Gasteiger partial charge in [-0.05, 0) is 25.1 Å². The summed E-state index contributed by atoms with van der Waals surface area (Å²) in [6.45, 7) is 1.61. The zero-order chi connectivity index (χ0) is 14.5. The predicted octanol–water partition coefficient (Wildman–Crippen LogP) is 2.26. The van der Waals surface area contributed by atoms with E-state index in [0.29, 0.717) is 11.3 Å². The Hall–Kier alpha value is -2.96. The summed E-state index contributed by atoms with van der Waals surface area (Å²) in [5, 5.41) is 14.5. The molecule has 7 nitrogen and oxygen atoms in total. The minimum absolute atomic E-state index is 0.104. The molecule has 0 radical (unpaired) electrons. The molecule has 7 heteroatoms. The Morgan fingerprint density at radius 2 is 2.25 bits per heavy atom. The standard InChI is InChI=1S/C13H11N3O4/c1-9-4-5-10(7-12(9)16(18)19)13(17)15-14-8-11-3-2-6-20-11/h2-8H,1H3,(H,15,17)/b14-8+. The molecule has 102 valence electrons. The van der Waals surface area contributed by atoms with Gasteiger partial charge in [0.05, 0.1) is 17.4 Å². The summed E-state index contributed by atoms with van der Waals surface area (Å²) >= 11 is 0. The van der Waals surface area contributed by atoms with Gasteiger partial charge >= 0.3 is 0 Å². The summed E-state index contributed by atoms with van der Waals surface area (Å²) in [6.07, 6.45) is 2.81. The van der Waals surface area contributed by atoms with E-state index in [1.54, 1.807) is 19.1 Å². The molecule has 0 unspecified atom stereocenters. The highest BCUT2D eigenvalue weighted by atomic mass is 16.6. The van der Waals surface area contributed by atoms with Gasteiger partial charge < -0.3 is 4.42 Å². The van der Waals surface area contributed by atoms with Crippen molar-refractivity contribution in [2.75, 3.05) is 0 Å². The molecule has 0 aliphatic carbocycles. The fourth-order valence-electron chi connectivity index (χ4n) is 1.53. The normalized spacial score (nSPS) is 10.7. The Morgan fingerprint density at radius 1 is 1.45 bits per heavy atom.